The van der Waals surface area contributed by atoms with E-state index in [1.54, 1.807) is 0 Å². The third-order valence-electron chi connectivity index (χ3n) is 3.38. The Morgan fingerprint density at radius 3 is 2.85 bits per heavy atom. The lowest BCUT2D eigenvalue weighted by Gasteiger charge is -2.18. The standard InChI is InChI=1S/C9H12O4/c1-9-3-4(8(10)11-2)5(13-9)6-7(9)12-6/h4-7H,3H2,1-2H3. The van der Waals surface area contributed by atoms with E-state index < -0.39 is 0 Å². The van der Waals surface area contributed by atoms with E-state index in [1.807, 2.05) is 6.92 Å². The second-order valence-electron chi connectivity index (χ2n) is 4.25. The van der Waals surface area contributed by atoms with E-state index in [1.165, 1.54) is 7.11 Å². The number of hydrogen-bond donors (Lipinski definition) is 0. The molecule has 0 aromatic rings. The summed E-state index contributed by atoms with van der Waals surface area (Å²) in [5.74, 6) is -0.276. The molecule has 0 saturated carbocycles. The summed E-state index contributed by atoms with van der Waals surface area (Å²) in [6, 6.07) is 0. The van der Waals surface area contributed by atoms with Crippen LogP contribution in [0.3, 0.4) is 0 Å². The van der Waals surface area contributed by atoms with E-state index in [0.29, 0.717) is 0 Å². The Balaban J connectivity index is 1.86. The van der Waals surface area contributed by atoms with Gasteiger partial charge in [-0.15, -0.1) is 0 Å². The summed E-state index contributed by atoms with van der Waals surface area (Å²) >= 11 is 0. The van der Waals surface area contributed by atoms with Crippen LogP contribution in [0, 0.1) is 5.92 Å². The lowest BCUT2D eigenvalue weighted by atomic mass is 9.82. The van der Waals surface area contributed by atoms with Crippen LogP contribution in [0.2, 0.25) is 0 Å². The predicted octanol–water partition coefficient (Wildman–Crippen LogP) is 0.104. The van der Waals surface area contributed by atoms with Crippen LogP contribution in [0.4, 0.5) is 0 Å². The van der Waals surface area contributed by atoms with Gasteiger partial charge in [0, 0.05) is 0 Å². The Kier molecular flexibility index (Phi) is 1.23. The van der Waals surface area contributed by atoms with Gasteiger partial charge in [0.2, 0.25) is 0 Å². The molecule has 0 amide bonds. The maximum Gasteiger partial charge on any atom is 0.311 e. The van der Waals surface area contributed by atoms with Crippen molar-refractivity contribution < 1.29 is 19.0 Å². The molecule has 0 radical (unpaired) electrons. The molecule has 72 valence electrons. The Hall–Kier alpha value is -0.610. The summed E-state index contributed by atoms with van der Waals surface area (Å²) in [4.78, 5) is 11.4. The molecule has 3 fully saturated rings. The molecular weight excluding hydrogens is 172 g/mol. The van der Waals surface area contributed by atoms with Gasteiger partial charge in [-0.05, 0) is 13.3 Å². The Bertz CT molecular complexity index is 277. The fourth-order valence-corrected chi connectivity index (χ4v) is 2.71. The molecule has 3 saturated heterocycles. The minimum Gasteiger partial charge on any atom is -0.469 e. The SMILES string of the molecule is COC(=O)C1CC2(C)OC1C1OC12. The van der Waals surface area contributed by atoms with Crippen LogP contribution in [0.15, 0.2) is 0 Å². The van der Waals surface area contributed by atoms with Gasteiger partial charge in [0.15, 0.2) is 0 Å². The van der Waals surface area contributed by atoms with Gasteiger partial charge in [-0.25, -0.2) is 0 Å². The maximum absolute atomic E-state index is 11.4. The normalized spacial score (nSPS) is 56.2. The molecule has 4 heteroatoms. The third-order valence-corrected chi connectivity index (χ3v) is 3.38. The predicted molar refractivity (Wildman–Crippen MR) is 42.1 cm³/mol. The quantitative estimate of drug-likeness (QED) is 0.428. The van der Waals surface area contributed by atoms with Crippen molar-refractivity contribution in [2.45, 2.75) is 37.3 Å². The molecule has 3 rings (SSSR count). The number of esters is 1. The molecule has 0 spiro atoms. The van der Waals surface area contributed by atoms with Crippen LogP contribution < -0.4 is 0 Å². The van der Waals surface area contributed by atoms with Crippen LogP contribution >= 0.6 is 0 Å². The number of fused-ring (bicyclic) bond motifs is 5. The van der Waals surface area contributed by atoms with E-state index in [4.69, 9.17) is 14.2 Å². The van der Waals surface area contributed by atoms with Crippen LogP contribution in [-0.2, 0) is 19.0 Å². The van der Waals surface area contributed by atoms with Crippen LogP contribution in [0.1, 0.15) is 13.3 Å². The van der Waals surface area contributed by atoms with Crippen molar-refractivity contribution in [3.63, 3.8) is 0 Å². The first kappa shape index (κ1) is 7.76. The summed E-state index contributed by atoms with van der Waals surface area (Å²) in [7, 11) is 1.42. The second-order valence-corrected chi connectivity index (χ2v) is 4.25. The highest BCUT2D eigenvalue weighted by Gasteiger charge is 2.72. The molecule has 3 aliphatic rings. The lowest BCUT2D eigenvalue weighted by molar-refractivity contribution is -0.147. The van der Waals surface area contributed by atoms with E-state index >= 15 is 0 Å². The van der Waals surface area contributed by atoms with E-state index in [0.717, 1.165) is 6.42 Å². The molecule has 4 nitrogen and oxygen atoms in total. The van der Waals surface area contributed by atoms with E-state index in [2.05, 4.69) is 0 Å². The molecule has 0 N–H and O–H groups in total. The fourth-order valence-electron chi connectivity index (χ4n) is 2.71. The minimum absolute atomic E-state index is 0.0533. The highest BCUT2D eigenvalue weighted by molar-refractivity contribution is 5.74. The van der Waals surface area contributed by atoms with Gasteiger partial charge in [0.1, 0.15) is 18.3 Å². The van der Waals surface area contributed by atoms with Crippen LogP contribution in [0.5, 0.6) is 0 Å². The number of carbonyl (C=O) groups excluding carboxylic acids is 1. The minimum atomic E-state index is -0.228. The monoisotopic (exact) mass is 184 g/mol. The van der Waals surface area contributed by atoms with E-state index in [9.17, 15) is 4.79 Å². The number of rotatable bonds is 1. The molecule has 2 bridgehead atoms. The molecule has 13 heavy (non-hydrogen) atoms. The van der Waals surface area contributed by atoms with Gasteiger partial charge in [-0.1, -0.05) is 0 Å². The molecule has 0 aromatic carbocycles. The first-order chi connectivity index (χ1) is 6.15. The van der Waals surface area contributed by atoms with Crippen molar-refractivity contribution in [1.29, 1.82) is 0 Å². The lowest BCUT2D eigenvalue weighted by Crippen LogP contribution is -2.34. The summed E-state index contributed by atoms with van der Waals surface area (Å²) in [6.07, 6.45) is 1.08. The van der Waals surface area contributed by atoms with Crippen molar-refractivity contribution >= 4 is 5.97 Å². The van der Waals surface area contributed by atoms with Crippen molar-refractivity contribution in [3.05, 3.63) is 0 Å². The third kappa shape index (κ3) is 0.802. The molecule has 0 aliphatic carbocycles. The molecular formula is C9H12O4. The van der Waals surface area contributed by atoms with Crippen molar-refractivity contribution in [1.82, 2.24) is 0 Å². The van der Waals surface area contributed by atoms with Crippen molar-refractivity contribution in [2.24, 2.45) is 5.92 Å². The molecule has 3 heterocycles. The van der Waals surface area contributed by atoms with Crippen molar-refractivity contribution in [3.8, 4) is 0 Å². The van der Waals surface area contributed by atoms with Gasteiger partial charge >= 0.3 is 5.97 Å². The molecule has 5 unspecified atom stereocenters. The Labute approximate surface area is 76.1 Å². The number of methoxy groups -OCH3 is 1. The molecule has 3 aliphatic heterocycles. The summed E-state index contributed by atoms with van der Waals surface area (Å²) < 4.78 is 15.9. The van der Waals surface area contributed by atoms with Crippen LogP contribution in [-0.4, -0.2) is 37.0 Å². The fraction of sp³-hybridized carbons (Fsp3) is 0.889. The van der Waals surface area contributed by atoms with Crippen LogP contribution in [0.25, 0.3) is 0 Å². The topological polar surface area (TPSA) is 48.1 Å². The zero-order chi connectivity index (χ0) is 9.22. The van der Waals surface area contributed by atoms with Gasteiger partial charge in [-0.3, -0.25) is 4.79 Å². The first-order valence-electron chi connectivity index (χ1n) is 4.57. The average Bonchev–Trinajstić information content (AvgIpc) is 2.80. The Morgan fingerprint density at radius 2 is 2.31 bits per heavy atom. The number of ether oxygens (including phenoxy) is 3. The summed E-state index contributed by atoms with van der Waals surface area (Å²) in [5.41, 5.74) is -0.228. The van der Waals surface area contributed by atoms with Gasteiger partial charge in [-0.2, -0.15) is 0 Å². The summed E-state index contributed by atoms with van der Waals surface area (Å²) in [6.45, 7) is 2.01. The smallest absolute Gasteiger partial charge is 0.311 e. The van der Waals surface area contributed by atoms with Gasteiger partial charge < -0.3 is 14.2 Å². The largest absolute Gasteiger partial charge is 0.469 e. The number of epoxide rings is 1. The average molecular weight is 184 g/mol. The zero-order valence-corrected chi connectivity index (χ0v) is 7.65. The highest BCUT2D eigenvalue weighted by atomic mass is 16.7. The zero-order valence-electron chi connectivity index (χ0n) is 7.65. The summed E-state index contributed by atoms with van der Waals surface area (Å²) in [5, 5.41) is 0. The van der Waals surface area contributed by atoms with Gasteiger partial charge in [0.25, 0.3) is 0 Å². The maximum atomic E-state index is 11.4. The first-order valence-corrected chi connectivity index (χ1v) is 4.57. The number of carbonyl (C=O) groups is 1. The van der Waals surface area contributed by atoms with E-state index in [-0.39, 0.29) is 35.8 Å². The van der Waals surface area contributed by atoms with Crippen molar-refractivity contribution in [2.75, 3.05) is 7.11 Å². The number of hydrogen-bond acceptors (Lipinski definition) is 4. The molecule has 5 atom stereocenters. The van der Waals surface area contributed by atoms with Gasteiger partial charge in [0.05, 0.1) is 18.6 Å². The second kappa shape index (κ2) is 2.07. The molecule has 0 aromatic heterocycles. The highest BCUT2D eigenvalue weighted by Crippen LogP contribution is 2.57. The Morgan fingerprint density at radius 1 is 1.54 bits per heavy atom.